The van der Waals surface area contributed by atoms with E-state index >= 15 is 0 Å². The quantitative estimate of drug-likeness (QED) is 0.699. The first-order valence-electron chi connectivity index (χ1n) is 8.66. The standard InChI is InChI=1S/C18H22BrN3O2S/c1-10(23)16-9-25-18(22-16)15-7-11-6-12(19)8-14(17(11)21-15)20-13-2-4-24-5-3-13/h6-8,10,13,16,20-21,23H,2-5,9H2,1H3/t10?,16-/m0/s1. The van der Waals surface area contributed by atoms with Gasteiger partial charge in [-0.05, 0) is 38.0 Å². The average molecular weight is 424 g/mol. The molecule has 2 atom stereocenters. The predicted octanol–water partition coefficient (Wildman–Crippen LogP) is 3.76. The molecule has 3 heterocycles. The van der Waals surface area contributed by atoms with Crippen molar-refractivity contribution in [3.8, 4) is 0 Å². The fraction of sp³-hybridized carbons (Fsp3) is 0.500. The van der Waals surface area contributed by atoms with E-state index in [-0.39, 0.29) is 6.04 Å². The molecule has 1 aromatic heterocycles. The van der Waals surface area contributed by atoms with Crippen LogP contribution in [0.2, 0.25) is 0 Å². The summed E-state index contributed by atoms with van der Waals surface area (Å²) >= 11 is 5.33. The summed E-state index contributed by atoms with van der Waals surface area (Å²) in [6.07, 6.45) is 1.65. The Kier molecular flexibility index (Phi) is 5.08. The molecule has 0 amide bonds. The second-order valence-corrected chi connectivity index (χ2v) is 8.61. The lowest BCUT2D eigenvalue weighted by atomic mass is 10.1. The van der Waals surface area contributed by atoms with Gasteiger partial charge >= 0.3 is 0 Å². The van der Waals surface area contributed by atoms with Gasteiger partial charge in [-0.25, -0.2) is 0 Å². The zero-order chi connectivity index (χ0) is 17.4. The SMILES string of the molecule is CC(O)[C@@H]1CSC(c2cc3cc(Br)cc(NC4CCOCC4)c3[nH]2)=N1. The third-order valence-corrected chi connectivity index (χ3v) is 6.30. The fourth-order valence-electron chi connectivity index (χ4n) is 3.28. The van der Waals surface area contributed by atoms with Crippen molar-refractivity contribution < 1.29 is 9.84 Å². The second-order valence-electron chi connectivity index (χ2n) is 6.68. The molecule has 0 bridgehead atoms. The maximum absolute atomic E-state index is 9.76. The predicted molar refractivity (Wildman–Crippen MR) is 108 cm³/mol. The van der Waals surface area contributed by atoms with Crippen LogP contribution in [0.1, 0.15) is 25.5 Å². The van der Waals surface area contributed by atoms with E-state index in [1.165, 1.54) is 0 Å². The highest BCUT2D eigenvalue weighted by Crippen LogP contribution is 2.33. The molecule has 1 saturated heterocycles. The Balaban J connectivity index is 1.65. The molecule has 3 N–H and O–H groups in total. The molecule has 1 aromatic carbocycles. The Morgan fingerprint density at radius 2 is 2.16 bits per heavy atom. The Morgan fingerprint density at radius 3 is 2.88 bits per heavy atom. The van der Waals surface area contributed by atoms with Crippen LogP contribution in [-0.4, -0.2) is 52.3 Å². The second kappa shape index (κ2) is 7.31. The third-order valence-electron chi connectivity index (χ3n) is 4.74. The van der Waals surface area contributed by atoms with E-state index in [9.17, 15) is 5.11 Å². The van der Waals surface area contributed by atoms with E-state index in [0.29, 0.717) is 6.04 Å². The van der Waals surface area contributed by atoms with Crippen LogP contribution in [0.3, 0.4) is 0 Å². The van der Waals surface area contributed by atoms with E-state index in [1.807, 2.05) is 0 Å². The number of ether oxygens (including phenoxy) is 1. The lowest BCUT2D eigenvalue weighted by Gasteiger charge is -2.24. The van der Waals surface area contributed by atoms with Crippen molar-refractivity contribution in [2.45, 2.75) is 38.0 Å². The van der Waals surface area contributed by atoms with Crippen LogP contribution in [0.5, 0.6) is 0 Å². The summed E-state index contributed by atoms with van der Waals surface area (Å²) in [6, 6.07) is 6.82. The molecule has 0 spiro atoms. The molecule has 25 heavy (non-hydrogen) atoms. The number of hydrogen-bond donors (Lipinski definition) is 3. The molecule has 2 aliphatic rings. The Bertz CT molecular complexity index is 799. The van der Waals surface area contributed by atoms with Gasteiger partial charge in [0.2, 0.25) is 0 Å². The molecule has 4 rings (SSSR count). The van der Waals surface area contributed by atoms with Crippen LogP contribution in [0.4, 0.5) is 5.69 Å². The van der Waals surface area contributed by atoms with Gasteiger partial charge in [-0.15, -0.1) is 11.8 Å². The summed E-state index contributed by atoms with van der Waals surface area (Å²) in [6.45, 7) is 3.44. The minimum absolute atomic E-state index is 0.0158. The third kappa shape index (κ3) is 3.74. The molecule has 7 heteroatoms. The van der Waals surface area contributed by atoms with Crippen molar-refractivity contribution in [1.82, 2.24) is 4.98 Å². The van der Waals surface area contributed by atoms with Crippen molar-refractivity contribution in [2.24, 2.45) is 4.99 Å². The fourth-order valence-corrected chi connectivity index (χ4v) is 4.91. The molecular weight excluding hydrogens is 402 g/mol. The summed E-state index contributed by atoms with van der Waals surface area (Å²) in [5.41, 5.74) is 3.24. The first-order chi connectivity index (χ1) is 12.1. The topological polar surface area (TPSA) is 69.6 Å². The first kappa shape index (κ1) is 17.4. The molecule has 0 aliphatic carbocycles. The van der Waals surface area contributed by atoms with Gasteiger partial charge in [-0.1, -0.05) is 15.9 Å². The van der Waals surface area contributed by atoms with Crippen molar-refractivity contribution >= 4 is 49.3 Å². The molecule has 1 fully saturated rings. The number of aliphatic hydroxyl groups is 1. The van der Waals surface area contributed by atoms with Crippen molar-refractivity contribution in [2.75, 3.05) is 24.3 Å². The van der Waals surface area contributed by atoms with E-state index in [4.69, 9.17) is 4.74 Å². The molecule has 2 aliphatic heterocycles. The Morgan fingerprint density at radius 1 is 1.36 bits per heavy atom. The van der Waals surface area contributed by atoms with Gasteiger partial charge in [-0.2, -0.15) is 0 Å². The number of aliphatic hydroxyl groups excluding tert-OH is 1. The van der Waals surface area contributed by atoms with Gasteiger partial charge in [-0.3, -0.25) is 4.99 Å². The molecule has 0 radical (unpaired) electrons. The van der Waals surface area contributed by atoms with Gasteiger partial charge in [0.15, 0.2) is 0 Å². The summed E-state index contributed by atoms with van der Waals surface area (Å²) in [7, 11) is 0. The van der Waals surface area contributed by atoms with Gasteiger partial charge in [0, 0.05) is 34.9 Å². The van der Waals surface area contributed by atoms with Crippen LogP contribution in [-0.2, 0) is 4.74 Å². The number of hydrogen-bond acceptors (Lipinski definition) is 5. The normalized spacial score (nSPS) is 23.0. The molecule has 2 aromatic rings. The summed E-state index contributed by atoms with van der Waals surface area (Å²) in [4.78, 5) is 8.21. The highest BCUT2D eigenvalue weighted by atomic mass is 79.9. The Labute approximate surface area is 159 Å². The molecular formula is C18H22BrN3O2S. The lowest BCUT2D eigenvalue weighted by Crippen LogP contribution is -2.27. The number of nitrogens with one attached hydrogen (secondary N) is 2. The number of aromatic nitrogens is 1. The van der Waals surface area contributed by atoms with Crippen LogP contribution >= 0.6 is 27.7 Å². The first-order valence-corrected chi connectivity index (χ1v) is 10.4. The van der Waals surface area contributed by atoms with E-state index in [1.54, 1.807) is 18.7 Å². The van der Waals surface area contributed by atoms with Gasteiger partial charge in [0.1, 0.15) is 5.04 Å². The zero-order valence-electron chi connectivity index (χ0n) is 14.1. The van der Waals surface area contributed by atoms with E-state index in [0.717, 1.165) is 63.6 Å². The number of rotatable bonds is 4. The maximum Gasteiger partial charge on any atom is 0.115 e. The van der Waals surface area contributed by atoms with E-state index < -0.39 is 6.10 Å². The number of aliphatic imine (C=N–C) groups is 1. The minimum Gasteiger partial charge on any atom is -0.391 e. The molecule has 0 saturated carbocycles. The van der Waals surface area contributed by atoms with Crippen molar-refractivity contribution in [3.05, 3.63) is 28.4 Å². The van der Waals surface area contributed by atoms with Crippen LogP contribution in [0.15, 0.2) is 27.7 Å². The van der Waals surface area contributed by atoms with Crippen LogP contribution in [0, 0.1) is 0 Å². The monoisotopic (exact) mass is 423 g/mol. The summed E-state index contributed by atoms with van der Waals surface area (Å²) in [5, 5.41) is 15.6. The number of fused-ring (bicyclic) bond motifs is 1. The number of aromatic amines is 1. The number of anilines is 1. The summed E-state index contributed by atoms with van der Waals surface area (Å²) < 4.78 is 6.51. The number of halogens is 1. The van der Waals surface area contributed by atoms with Gasteiger partial charge in [0.25, 0.3) is 0 Å². The largest absolute Gasteiger partial charge is 0.391 e. The Hall–Kier alpha value is -1.02. The number of nitrogens with zero attached hydrogens (tertiary/aromatic N) is 1. The summed E-state index contributed by atoms with van der Waals surface area (Å²) in [5.74, 6) is 0.833. The van der Waals surface area contributed by atoms with Gasteiger partial charge in [0.05, 0.1) is 29.0 Å². The highest BCUT2D eigenvalue weighted by Gasteiger charge is 2.24. The molecule has 134 valence electrons. The van der Waals surface area contributed by atoms with Crippen LogP contribution in [0.25, 0.3) is 10.9 Å². The van der Waals surface area contributed by atoms with Crippen LogP contribution < -0.4 is 5.32 Å². The van der Waals surface area contributed by atoms with Gasteiger partial charge < -0.3 is 20.1 Å². The lowest BCUT2D eigenvalue weighted by molar-refractivity contribution is 0.0905. The van der Waals surface area contributed by atoms with Crippen molar-refractivity contribution in [1.29, 1.82) is 0 Å². The number of thioether (sulfide) groups is 1. The molecule has 1 unspecified atom stereocenters. The van der Waals surface area contributed by atoms with E-state index in [2.05, 4.69) is 49.4 Å². The van der Waals surface area contributed by atoms with Crippen molar-refractivity contribution in [3.63, 3.8) is 0 Å². The average Bonchev–Trinajstić information content (AvgIpc) is 3.22. The highest BCUT2D eigenvalue weighted by molar-refractivity contribution is 9.10. The molecule has 5 nitrogen and oxygen atoms in total. The number of benzene rings is 1. The number of H-pyrrole nitrogens is 1. The zero-order valence-corrected chi connectivity index (χ0v) is 16.5. The minimum atomic E-state index is -0.408. The smallest absolute Gasteiger partial charge is 0.115 e. The maximum atomic E-state index is 9.76.